The molecule has 0 saturated carbocycles. The fourth-order valence-corrected chi connectivity index (χ4v) is 3.54. The third kappa shape index (κ3) is 4.42. The topological polar surface area (TPSA) is 82.3 Å². The van der Waals surface area contributed by atoms with E-state index in [1.807, 2.05) is 0 Å². The SMILES string of the molecule is COc1ccc(NC(=O)Cn2c(=O)n(-c3cccc(C(F)(F)F)c3)c(=O)c3ccccc32)cc1. The Hall–Kier alpha value is -4.34. The molecule has 4 rings (SSSR count). The van der Waals surface area contributed by atoms with Crippen molar-refractivity contribution in [2.24, 2.45) is 0 Å². The number of methoxy groups -OCH3 is 1. The van der Waals surface area contributed by atoms with Crippen LogP contribution in [0.1, 0.15) is 5.56 Å². The van der Waals surface area contributed by atoms with Crippen LogP contribution in [0.3, 0.4) is 0 Å². The Kier molecular flexibility index (Phi) is 5.97. The first-order valence-electron chi connectivity index (χ1n) is 10.0. The number of alkyl halides is 3. The molecule has 1 heterocycles. The molecule has 7 nitrogen and oxygen atoms in total. The molecule has 0 aliphatic rings. The largest absolute Gasteiger partial charge is 0.497 e. The minimum Gasteiger partial charge on any atom is -0.497 e. The van der Waals surface area contributed by atoms with E-state index in [4.69, 9.17) is 4.74 Å². The molecule has 0 unspecified atom stereocenters. The predicted molar refractivity (Wildman–Crippen MR) is 120 cm³/mol. The van der Waals surface area contributed by atoms with Crippen LogP contribution in [0.5, 0.6) is 5.75 Å². The van der Waals surface area contributed by atoms with Crippen LogP contribution in [0.2, 0.25) is 0 Å². The van der Waals surface area contributed by atoms with E-state index in [9.17, 15) is 27.6 Å². The third-order valence-corrected chi connectivity index (χ3v) is 5.16. The summed E-state index contributed by atoms with van der Waals surface area (Å²) in [6.07, 6.45) is -4.66. The van der Waals surface area contributed by atoms with Crippen molar-refractivity contribution in [2.45, 2.75) is 12.7 Å². The van der Waals surface area contributed by atoms with Crippen molar-refractivity contribution < 1.29 is 22.7 Å². The molecular weight excluding hydrogens is 451 g/mol. The smallest absolute Gasteiger partial charge is 0.416 e. The molecule has 34 heavy (non-hydrogen) atoms. The maximum Gasteiger partial charge on any atom is 0.416 e. The Morgan fingerprint density at radius 1 is 0.971 bits per heavy atom. The summed E-state index contributed by atoms with van der Waals surface area (Å²) < 4.78 is 46.4. The van der Waals surface area contributed by atoms with Gasteiger partial charge in [0.25, 0.3) is 5.56 Å². The Balaban J connectivity index is 1.80. The Morgan fingerprint density at radius 3 is 2.35 bits per heavy atom. The number of carbonyl (C=O) groups excluding carboxylic acids is 1. The molecule has 1 N–H and O–H groups in total. The molecule has 3 aromatic carbocycles. The van der Waals surface area contributed by atoms with Crippen molar-refractivity contribution in [2.75, 3.05) is 12.4 Å². The van der Waals surface area contributed by atoms with Crippen LogP contribution in [0.15, 0.2) is 82.4 Å². The number of fused-ring (bicyclic) bond motifs is 1. The average molecular weight is 469 g/mol. The number of para-hydroxylation sites is 1. The van der Waals surface area contributed by atoms with Gasteiger partial charge in [-0.3, -0.25) is 14.2 Å². The van der Waals surface area contributed by atoms with Gasteiger partial charge in [0.05, 0.1) is 29.3 Å². The van der Waals surface area contributed by atoms with Crippen molar-refractivity contribution in [1.82, 2.24) is 9.13 Å². The minimum absolute atomic E-state index is 0.0803. The van der Waals surface area contributed by atoms with Gasteiger partial charge in [0.2, 0.25) is 5.91 Å². The molecular formula is C24H18F3N3O4. The lowest BCUT2D eigenvalue weighted by molar-refractivity contribution is -0.137. The van der Waals surface area contributed by atoms with Crippen LogP contribution in [-0.2, 0) is 17.5 Å². The lowest BCUT2D eigenvalue weighted by Gasteiger charge is -2.15. The Labute approximate surface area is 190 Å². The molecule has 0 aliphatic heterocycles. The van der Waals surface area contributed by atoms with Gasteiger partial charge < -0.3 is 10.1 Å². The van der Waals surface area contributed by atoms with Gasteiger partial charge in [-0.25, -0.2) is 9.36 Å². The quantitative estimate of drug-likeness (QED) is 0.482. The molecule has 10 heteroatoms. The van der Waals surface area contributed by atoms with Crippen LogP contribution in [0.4, 0.5) is 18.9 Å². The first kappa shape index (κ1) is 22.8. The molecule has 0 aliphatic carbocycles. The van der Waals surface area contributed by atoms with Gasteiger partial charge in [0, 0.05) is 5.69 Å². The third-order valence-electron chi connectivity index (χ3n) is 5.16. The number of amides is 1. The van der Waals surface area contributed by atoms with E-state index >= 15 is 0 Å². The van der Waals surface area contributed by atoms with Crippen LogP contribution in [0, 0.1) is 0 Å². The van der Waals surface area contributed by atoms with Gasteiger partial charge in [-0.1, -0.05) is 18.2 Å². The molecule has 0 radical (unpaired) electrons. The zero-order valence-electron chi connectivity index (χ0n) is 17.8. The van der Waals surface area contributed by atoms with E-state index < -0.39 is 35.4 Å². The zero-order valence-corrected chi connectivity index (χ0v) is 17.8. The number of hydrogen-bond donors (Lipinski definition) is 1. The van der Waals surface area contributed by atoms with Gasteiger partial charge >= 0.3 is 11.9 Å². The van der Waals surface area contributed by atoms with Gasteiger partial charge in [0.1, 0.15) is 12.3 Å². The summed E-state index contributed by atoms with van der Waals surface area (Å²) in [5.74, 6) is 0.0278. The molecule has 0 bridgehead atoms. The van der Waals surface area contributed by atoms with E-state index in [1.165, 1.54) is 25.3 Å². The highest BCUT2D eigenvalue weighted by molar-refractivity contribution is 5.91. The van der Waals surface area contributed by atoms with Crippen molar-refractivity contribution in [3.05, 3.63) is 99.2 Å². The van der Waals surface area contributed by atoms with Crippen molar-refractivity contribution in [3.8, 4) is 11.4 Å². The number of anilines is 1. The average Bonchev–Trinajstić information content (AvgIpc) is 2.82. The zero-order chi connectivity index (χ0) is 24.5. The van der Waals surface area contributed by atoms with Crippen molar-refractivity contribution in [1.29, 1.82) is 0 Å². The summed E-state index contributed by atoms with van der Waals surface area (Å²) in [5, 5.41) is 2.73. The molecule has 1 amide bonds. The maximum atomic E-state index is 13.3. The lowest BCUT2D eigenvalue weighted by atomic mass is 10.2. The van der Waals surface area contributed by atoms with Crippen LogP contribution < -0.4 is 21.3 Å². The van der Waals surface area contributed by atoms with E-state index in [2.05, 4.69) is 5.32 Å². The molecule has 174 valence electrons. The molecule has 0 fully saturated rings. The van der Waals surface area contributed by atoms with E-state index in [0.717, 1.165) is 22.8 Å². The number of carbonyl (C=O) groups is 1. The summed E-state index contributed by atoms with van der Waals surface area (Å²) in [6.45, 7) is -0.468. The summed E-state index contributed by atoms with van der Waals surface area (Å²) in [6, 6.07) is 16.5. The van der Waals surface area contributed by atoms with Crippen LogP contribution in [0.25, 0.3) is 16.6 Å². The maximum absolute atomic E-state index is 13.3. The van der Waals surface area contributed by atoms with Crippen LogP contribution in [-0.4, -0.2) is 22.2 Å². The normalized spacial score (nSPS) is 11.4. The number of rotatable bonds is 5. The van der Waals surface area contributed by atoms with Gasteiger partial charge in [-0.15, -0.1) is 0 Å². The number of ether oxygens (including phenoxy) is 1. The first-order chi connectivity index (χ1) is 16.2. The highest BCUT2D eigenvalue weighted by Gasteiger charge is 2.31. The van der Waals surface area contributed by atoms with E-state index in [0.29, 0.717) is 16.0 Å². The molecule has 0 atom stereocenters. The minimum atomic E-state index is -4.66. The fraction of sp³-hybridized carbons (Fsp3) is 0.125. The fourth-order valence-electron chi connectivity index (χ4n) is 3.54. The van der Waals surface area contributed by atoms with Gasteiger partial charge in [-0.05, 0) is 54.6 Å². The molecule has 0 spiro atoms. The predicted octanol–water partition coefficient (Wildman–Crippen LogP) is 3.82. The molecule has 1 aromatic heterocycles. The van der Waals surface area contributed by atoms with E-state index in [-0.39, 0.29) is 16.6 Å². The van der Waals surface area contributed by atoms with E-state index in [1.54, 1.807) is 36.4 Å². The van der Waals surface area contributed by atoms with Crippen molar-refractivity contribution in [3.63, 3.8) is 0 Å². The summed E-state index contributed by atoms with van der Waals surface area (Å²) in [5.41, 5.74) is -2.34. The van der Waals surface area contributed by atoms with Crippen LogP contribution >= 0.6 is 0 Å². The summed E-state index contributed by atoms with van der Waals surface area (Å²) >= 11 is 0. The Bertz CT molecular complexity index is 1490. The number of benzene rings is 3. The summed E-state index contributed by atoms with van der Waals surface area (Å²) in [7, 11) is 1.50. The van der Waals surface area contributed by atoms with Crippen molar-refractivity contribution >= 4 is 22.5 Å². The highest BCUT2D eigenvalue weighted by atomic mass is 19.4. The monoisotopic (exact) mass is 469 g/mol. The summed E-state index contributed by atoms with van der Waals surface area (Å²) in [4.78, 5) is 39.1. The van der Waals surface area contributed by atoms with Gasteiger partial charge in [0.15, 0.2) is 0 Å². The number of hydrogen-bond acceptors (Lipinski definition) is 4. The lowest BCUT2D eigenvalue weighted by Crippen LogP contribution is -2.40. The first-order valence-corrected chi connectivity index (χ1v) is 10.0. The van der Waals surface area contributed by atoms with Gasteiger partial charge in [-0.2, -0.15) is 13.2 Å². The second kappa shape index (κ2) is 8.89. The molecule has 0 saturated heterocycles. The standard InChI is InChI=1S/C24H18F3N3O4/c1-34-18-11-9-16(10-12-18)28-21(31)14-29-20-8-3-2-7-19(20)22(32)30(23(29)33)17-6-4-5-15(13-17)24(25,26)27/h2-13H,14H2,1H3,(H,28,31). The number of nitrogens with zero attached hydrogens (tertiary/aromatic N) is 2. The highest BCUT2D eigenvalue weighted by Crippen LogP contribution is 2.30. The number of halogens is 3. The second-order valence-electron chi connectivity index (χ2n) is 7.35. The molecule has 4 aromatic rings. The Morgan fingerprint density at radius 2 is 1.68 bits per heavy atom. The second-order valence-corrected chi connectivity index (χ2v) is 7.35. The number of nitrogens with one attached hydrogen (secondary N) is 1. The number of aromatic nitrogens is 2.